The van der Waals surface area contributed by atoms with Crippen LogP contribution >= 0.6 is 0 Å². The molecule has 4 N–H and O–H groups in total. The summed E-state index contributed by atoms with van der Waals surface area (Å²) in [6, 6.07) is 9.59. The van der Waals surface area contributed by atoms with Crippen molar-refractivity contribution in [1.29, 1.82) is 0 Å². The molecule has 0 atom stereocenters. The lowest BCUT2D eigenvalue weighted by atomic mass is 9.93. The number of rotatable bonds is 3. The second-order valence-corrected chi connectivity index (χ2v) is 4.82. The molecular formula is C14H16N4O. The first-order valence-corrected chi connectivity index (χ1v) is 6.45. The molecule has 1 saturated carbocycles. The van der Waals surface area contributed by atoms with Crippen LogP contribution in [-0.2, 0) is 0 Å². The standard InChI is InChI=1S/C14H16N4O/c15-18-12-8-13(14(19)16-9-4-3-5-9)17-11-7-2-1-6-10(11)12/h1-2,6-9H,3-5,15H2,(H,16,19)(H,17,18). The number of hydrogen-bond donors (Lipinski definition) is 3. The highest BCUT2D eigenvalue weighted by molar-refractivity contribution is 5.99. The Kier molecular flexibility index (Phi) is 3.05. The highest BCUT2D eigenvalue weighted by atomic mass is 16.1. The zero-order valence-corrected chi connectivity index (χ0v) is 10.5. The fourth-order valence-corrected chi connectivity index (χ4v) is 2.22. The highest BCUT2D eigenvalue weighted by Crippen LogP contribution is 2.23. The van der Waals surface area contributed by atoms with Crippen molar-refractivity contribution in [3.8, 4) is 0 Å². The Morgan fingerprint density at radius 3 is 2.79 bits per heavy atom. The Balaban J connectivity index is 1.96. The molecule has 0 saturated heterocycles. The number of fused-ring (bicyclic) bond motifs is 1. The maximum Gasteiger partial charge on any atom is 0.270 e. The van der Waals surface area contributed by atoms with E-state index in [4.69, 9.17) is 5.84 Å². The summed E-state index contributed by atoms with van der Waals surface area (Å²) < 4.78 is 0. The van der Waals surface area contributed by atoms with E-state index in [1.165, 1.54) is 6.42 Å². The van der Waals surface area contributed by atoms with Crippen LogP contribution in [0.3, 0.4) is 0 Å². The topological polar surface area (TPSA) is 80.0 Å². The van der Waals surface area contributed by atoms with E-state index in [0.29, 0.717) is 17.4 Å². The average Bonchev–Trinajstić information content (AvgIpc) is 2.41. The van der Waals surface area contributed by atoms with Gasteiger partial charge in [0.05, 0.1) is 11.2 Å². The molecule has 1 aliphatic rings. The van der Waals surface area contributed by atoms with Gasteiger partial charge in [0.25, 0.3) is 5.91 Å². The molecular weight excluding hydrogens is 240 g/mol. The van der Waals surface area contributed by atoms with Gasteiger partial charge in [-0.1, -0.05) is 18.2 Å². The molecule has 1 aromatic heterocycles. The number of para-hydroxylation sites is 1. The maximum absolute atomic E-state index is 12.1. The third-order valence-electron chi connectivity index (χ3n) is 3.54. The van der Waals surface area contributed by atoms with Gasteiger partial charge in [0.1, 0.15) is 5.69 Å². The maximum atomic E-state index is 12.1. The van der Waals surface area contributed by atoms with E-state index in [0.717, 1.165) is 23.7 Å². The second-order valence-electron chi connectivity index (χ2n) is 4.82. The minimum Gasteiger partial charge on any atom is -0.348 e. The molecule has 5 heteroatoms. The number of nitrogen functional groups attached to an aromatic ring is 1. The van der Waals surface area contributed by atoms with Gasteiger partial charge in [0, 0.05) is 11.4 Å². The van der Waals surface area contributed by atoms with Gasteiger partial charge < -0.3 is 10.7 Å². The fraction of sp³-hybridized carbons (Fsp3) is 0.286. The number of amides is 1. The van der Waals surface area contributed by atoms with Crippen molar-refractivity contribution in [1.82, 2.24) is 10.3 Å². The molecule has 0 unspecified atom stereocenters. The summed E-state index contributed by atoms with van der Waals surface area (Å²) in [5.41, 5.74) is 4.50. The monoisotopic (exact) mass is 256 g/mol. The Labute approximate surface area is 111 Å². The SMILES string of the molecule is NNc1cc(C(=O)NC2CCC2)nc2ccccc12. The molecule has 98 valence electrons. The van der Waals surface area contributed by atoms with E-state index >= 15 is 0 Å². The number of nitrogens with two attached hydrogens (primary N) is 1. The number of hydrogen-bond acceptors (Lipinski definition) is 4. The van der Waals surface area contributed by atoms with Crippen LogP contribution in [0, 0.1) is 0 Å². The molecule has 0 spiro atoms. The first kappa shape index (κ1) is 11.9. The zero-order chi connectivity index (χ0) is 13.2. The summed E-state index contributed by atoms with van der Waals surface area (Å²) in [4.78, 5) is 16.5. The second kappa shape index (κ2) is 4.85. The number of anilines is 1. The number of carbonyl (C=O) groups is 1. The fourth-order valence-electron chi connectivity index (χ4n) is 2.22. The predicted octanol–water partition coefficient (Wildman–Crippen LogP) is 1.80. The van der Waals surface area contributed by atoms with Crippen molar-refractivity contribution in [2.45, 2.75) is 25.3 Å². The largest absolute Gasteiger partial charge is 0.348 e. The molecule has 19 heavy (non-hydrogen) atoms. The highest BCUT2D eigenvalue weighted by Gasteiger charge is 2.21. The normalized spacial score (nSPS) is 15.0. The molecule has 1 amide bonds. The minimum atomic E-state index is -0.132. The van der Waals surface area contributed by atoms with Crippen molar-refractivity contribution < 1.29 is 4.79 Å². The summed E-state index contributed by atoms with van der Waals surface area (Å²) in [5, 5.41) is 3.89. The first-order chi connectivity index (χ1) is 9.28. The zero-order valence-electron chi connectivity index (χ0n) is 10.5. The predicted molar refractivity (Wildman–Crippen MR) is 74.7 cm³/mol. The Morgan fingerprint density at radius 2 is 2.11 bits per heavy atom. The van der Waals surface area contributed by atoms with Gasteiger partial charge in [-0.2, -0.15) is 0 Å². The van der Waals surface area contributed by atoms with E-state index in [9.17, 15) is 4.79 Å². The molecule has 2 aromatic rings. The third-order valence-corrected chi connectivity index (χ3v) is 3.54. The Bertz CT molecular complexity index is 622. The van der Waals surface area contributed by atoms with Crippen molar-refractivity contribution in [3.05, 3.63) is 36.0 Å². The number of pyridine rings is 1. The number of aromatic nitrogens is 1. The summed E-state index contributed by atoms with van der Waals surface area (Å²) in [5.74, 6) is 5.38. The van der Waals surface area contributed by atoms with Gasteiger partial charge in [-0.25, -0.2) is 4.98 Å². The lowest BCUT2D eigenvalue weighted by molar-refractivity contribution is 0.0912. The molecule has 1 aliphatic carbocycles. The van der Waals surface area contributed by atoms with Crippen molar-refractivity contribution >= 4 is 22.5 Å². The minimum absolute atomic E-state index is 0.132. The molecule has 5 nitrogen and oxygen atoms in total. The van der Waals surface area contributed by atoms with Crippen LogP contribution in [0.5, 0.6) is 0 Å². The molecule has 1 fully saturated rings. The molecule has 0 radical (unpaired) electrons. The molecule has 0 bridgehead atoms. The van der Waals surface area contributed by atoms with Crippen molar-refractivity contribution in [2.75, 3.05) is 5.43 Å². The van der Waals surface area contributed by atoms with Crippen LogP contribution in [0.2, 0.25) is 0 Å². The Morgan fingerprint density at radius 1 is 1.32 bits per heavy atom. The van der Waals surface area contributed by atoms with E-state index in [2.05, 4.69) is 15.7 Å². The lowest BCUT2D eigenvalue weighted by Crippen LogP contribution is -2.39. The summed E-state index contributed by atoms with van der Waals surface area (Å²) in [6.07, 6.45) is 3.30. The lowest BCUT2D eigenvalue weighted by Gasteiger charge is -2.26. The molecule has 0 aliphatic heterocycles. The summed E-state index contributed by atoms with van der Waals surface area (Å²) in [7, 11) is 0. The van der Waals surface area contributed by atoms with Gasteiger partial charge in [0.2, 0.25) is 0 Å². The summed E-state index contributed by atoms with van der Waals surface area (Å²) in [6.45, 7) is 0. The molecule has 1 aromatic carbocycles. The molecule has 1 heterocycles. The van der Waals surface area contributed by atoms with Gasteiger partial charge in [-0.3, -0.25) is 10.6 Å². The van der Waals surface area contributed by atoms with Crippen LogP contribution in [0.1, 0.15) is 29.8 Å². The average molecular weight is 256 g/mol. The number of benzene rings is 1. The third kappa shape index (κ3) is 2.24. The van der Waals surface area contributed by atoms with Crippen LogP contribution < -0.4 is 16.6 Å². The number of nitrogens with one attached hydrogen (secondary N) is 2. The van der Waals surface area contributed by atoms with Crippen LogP contribution in [0.15, 0.2) is 30.3 Å². The molecule has 3 rings (SSSR count). The van der Waals surface area contributed by atoms with Crippen molar-refractivity contribution in [2.24, 2.45) is 5.84 Å². The number of nitrogens with zero attached hydrogens (tertiary/aromatic N) is 1. The quantitative estimate of drug-likeness (QED) is 0.578. The van der Waals surface area contributed by atoms with Gasteiger partial charge in [-0.05, 0) is 31.4 Å². The Hall–Kier alpha value is -2.14. The van der Waals surface area contributed by atoms with Crippen molar-refractivity contribution in [3.63, 3.8) is 0 Å². The van der Waals surface area contributed by atoms with Gasteiger partial charge in [-0.15, -0.1) is 0 Å². The van der Waals surface area contributed by atoms with E-state index < -0.39 is 0 Å². The van der Waals surface area contributed by atoms with Crippen LogP contribution in [0.4, 0.5) is 5.69 Å². The number of carbonyl (C=O) groups excluding carboxylic acids is 1. The first-order valence-electron chi connectivity index (χ1n) is 6.45. The van der Waals surface area contributed by atoms with E-state index in [1.54, 1.807) is 6.07 Å². The number of hydrazine groups is 1. The van der Waals surface area contributed by atoms with Gasteiger partial charge >= 0.3 is 0 Å². The van der Waals surface area contributed by atoms with E-state index in [1.807, 2.05) is 24.3 Å². The van der Waals surface area contributed by atoms with E-state index in [-0.39, 0.29) is 5.91 Å². The van der Waals surface area contributed by atoms with Crippen LogP contribution in [-0.4, -0.2) is 16.9 Å². The smallest absolute Gasteiger partial charge is 0.270 e. The van der Waals surface area contributed by atoms with Crippen LogP contribution in [0.25, 0.3) is 10.9 Å². The summed E-state index contributed by atoms with van der Waals surface area (Å²) >= 11 is 0. The van der Waals surface area contributed by atoms with Gasteiger partial charge in [0.15, 0.2) is 0 Å².